The SMILES string of the molecule is CCOc1ccc(NC(=O)Cn2c(C(F)(F)F)nc3ccccc32)cc1S(=O)(=O)N(CC)CC. The van der Waals surface area contributed by atoms with Gasteiger partial charge in [0.25, 0.3) is 0 Å². The second-order valence-corrected chi connectivity index (χ2v) is 9.15. The molecule has 1 amide bonds. The fourth-order valence-electron chi connectivity index (χ4n) is 3.56. The molecule has 1 aromatic heterocycles. The third-order valence-corrected chi connectivity index (χ3v) is 7.13. The fourth-order valence-corrected chi connectivity index (χ4v) is 5.18. The van der Waals surface area contributed by atoms with Gasteiger partial charge < -0.3 is 14.6 Å². The monoisotopic (exact) mass is 498 g/mol. The van der Waals surface area contributed by atoms with Crippen LogP contribution in [0.15, 0.2) is 47.4 Å². The van der Waals surface area contributed by atoms with E-state index in [4.69, 9.17) is 4.74 Å². The minimum atomic E-state index is -4.76. The van der Waals surface area contributed by atoms with Gasteiger partial charge in [-0.05, 0) is 37.3 Å². The van der Waals surface area contributed by atoms with Crippen molar-refractivity contribution in [3.63, 3.8) is 0 Å². The summed E-state index contributed by atoms with van der Waals surface area (Å²) in [5, 5.41) is 2.49. The molecule has 0 bridgehead atoms. The minimum absolute atomic E-state index is 0.108. The van der Waals surface area contributed by atoms with Crippen LogP contribution in [0.25, 0.3) is 11.0 Å². The Morgan fingerprint density at radius 3 is 2.41 bits per heavy atom. The summed E-state index contributed by atoms with van der Waals surface area (Å²) in [6.45, 7) is 5.11. The number of amides is 1. The van der Waals surface area contributed by atoms with Gasteiger partial charge in [0.2, 0.25) is 21.8 Å². The van der Waals surface area contributed by atoms with Gasteiger partial charge in [0.05, 0.1) is 17.6 Å². The molecule has 12 heteroatoms. The van der Waals surface area contributed by atoms with Crippen LogP contribution in [0.5, 0.6) is 5.75 Å². The Labute approximate surface area is 195 Å². The summed E-state index contributed by atoms with van der Waals surface area (Å²) in [7, 11) is -3.92. The minimum Gasteiger partial charge on any atom is -0.492 e. The highest BCUT2D eigenvalue weighted by Gasteiger charge is 2.38. The average molecular weight is 499 g/mol. The van der Waals surface area contributed by atoms with Crippen molar-refractivity contribution < 1.29 is 31.1 Å². The van der Waals surface area contributed by atoms with E-state index >= 15 is 0 Å². The Bertz CT molecular complexity index is 1290. The van der Waals surface area contributed by atoms with Gasteiger partial charge in [-0.1, -0.05) is 26.0 Å². The number of carbonyl (C=O) groups is 1. The molecule has 1 heterocycles. The maximum absolute atomic E-state index is 13.5. The average Bonchev–Trinajstić information content (AvgIpc) is 3.14. The van der Waals surface area contributed by atoms with Crippen molar-refractivity contribution in [3.05, 3.63) is 48.3 Å². The lowest BCUT2D eigenvalue weighted by Gasteiger charge is -2.21. The van der Waals surface area contributed by atoms with Gasteiger partial charge in [-0.3, -0.25) is 4.79 Å². The molecule has 0 saturated carbocycles. The van der Waals surface area contributed by atoms with Crippen LogP contribution in [0.4, 0.5) is 18.9 Å². The lowest BCUT2D eigenvalue weighted by molar-refractivity contribution is -0.147. The zero-order valence-electron chi connectivity index (χ0n) is 18.9. The highest BCUT2D eigenvalue weighted by Crippen LogP contribution is 2.32. The van der Waals surface area contributed by atoms with Gasteiger partial charge in [-0.15, -0.1) is 0 Å². The Morgan fingerprint density at radius 1 is 1.12 bits per heavy atom. The summed E-state index contributed by atoms with van der Waals surface area (Å²) in [5.41, 5.74) is 0.370. The maximum Gasteiger partial charge on any atom is 0.449 e. The van der Waals surface area contributed by atoms with Crippen LogP contribution >= 0.6 is 0 Å². The van der Waals surface area contributed by atoms with Crippen molar-refractivity contribution in [3.8, 4) is 5.75 Å². The molecule has 0 atom stereocenters. The standard InChI is InChI=1S/C22H25F3N4O4S/c1-4-28(5-2)34(31,32)19-13-15(11-12-18(19)33-6-3)26-20(30)14-29-17-10-8-7-9-16(17)27-21(29)22(23,24)25/h7-13H,4-6,14H2,1-3H3,(H,26,30). The number of fused-ring (bicyclic) bond motifs is 1. The van der Waals surface area contributed by atoms with Gasteiger partial charge in [-0.25, -0.2) is 13.4 Å². The Kier molecular flexibility index (Phi) is 7.51. The molecule has 0 aliphatic heterocycles. The number of hydrogen-bond donors (Lipinski definition) is 1. The zero-order chi connectivity index (χ0) is 25.1. The molecule has 3 rings (SSSR count). The second kappa shape index (κ2) is 10.0. The van der Waals surface area contributed by atoms with Crippen molar-refractivity contribution >= 4 is 32.7 Å². The van der Waals surface area contributed by atoms with E-state index in [-0.39, 0.29) is 47.1 Å². The smallest absolute Gasteiger partial charge is 0.449 e. The van der Waals surface area contributed by atoms with Crippen molar-refractivity contribution in [1.29, 1.82) is 0 Å². The molecule has 0 aliphatic rings. The molecule has 0 unspecified atom stereocenters. The quantitative estimate of drug-likeness (QED) is 0.479. The largest absolute Gasteiger partial charge is 0.492 e. The van der Waals surface area contributed by atoms with Crippen molar-refractivity contribution in [2.75, 3.05) is 25.0 Å². The molecule has 34 heavy (non-hydrogen) atoms. The maximum atomic E-state index is 13.5. The van der Waals surface area contributed by atoms with Crippen LogP contribution in [0.2, 0.25) is 0 Å². The lowest BCUT2D eigenvalue weighted by atomic mass is 10.3. The number of nitrogens with zero attached hydrogens (tertiary/aromatic N) is 3. The Morgan fingerprint density at radius 2 is 1.79 bits per heavy atom. The van der Waals surface area contributed by atoms with E-state index in [1.54, 1.807) is 32.9 Å². The van der Waals surface area contributed by atoms with Crippen LogP contribution < -0.4 is 10.1 Å². The third kappa shape index (κ3) is 5.17. The highest BCUT2D eigenvalue weighted by atomic mass is 32.2. The number of imidazole rings is 1. The van der Waals surface area contributed by atoms with E-state index in [2.05, 4.69) is 10.3 Å². The van der Waals surface area contributed by atoms with Crippen LogP contribution in [0, 0.1) is 0 Å². The Balaban J connectivity index is 1.95. The predicted molar refractivity (Wildman–Crippen MR) is 121 cm³/mol. The highest BCUT2D eigenvalue weighted by molar-refractivity contribution is 7.89. The van der Waals surface area contributed by atoms with Crippen LogP contribution in [-0.4, -0.2) is 47.9 Å². The molecular weight excluding hydrogens is 473 g/mol. The first-order chi connectivity index (χ1) is 16.0. The number of alkyl halides is 3. The van der Waals surface area contributed by atoms with E-state index in [1.807, 2.05) is 0 Å². The van der Waals surface area contributed by atoms with Gasteiger partial charge in [0, 0.05) is 18.8 Å². The number of halogens is 3. The number of carbonyl (C=O) groups excluding carboxylic acids is 1. The summed E-state index contributed by atoms with van der Waals surface area (Å²) >= 11 is 0. The van der Waals surface area contributed by atoms with Gasteiger partial charge >= 0.3 is 6.18 Å². The number of anilines is 1. The normalized spacial score (nSPS) is 12.3. The Hall–Kier alpha value is -3.12. The topological polar surface area (TPSA) is 93.5 Å². The zero-order valence-corrected chi connectivity index (χ0v) is 19.7. The van der Waals surface area contributed by atoms with Gasteiger partial charge in [0.1, 0.15) is 17.2 Å². The molecule has 2 aromatic carbocycles. The number of para-hydroxylation sites is 2. The van der Waals surface area contributed by atoms with Crippen LogP contribution in [0.1, 0.15) is 26.6 Å². The number of aromatic nitrogens is 2. The molecule has 184 valence electrons. The number of benzene rings is 2. The summed E-state index contributed by atoms with van der Waals surface area (Å²) in [6, 6.07) is 10.1. The third-order valence-electron chi connectivity index (χ3n) is 5.06. The molecule has 3 aromatic rings. The molecule has 0 fully saturated rings. The van der Waals surface area contributed by atoms with Crippen LogP contribution in [0.3, 0.4) is 0 Å². The molecule has 0 saturated heterocycles. The first kappa shape index (κ1) is 25.5. The first-order valence-corrected chi connectivity index (χ1v) is 12.1. The van der Waals surface area contributed by atoms with Crippen molar-refractivity contribution in [2.24, 2.45) is 0 Å². The number of rotatable bonds is 9. The first-order valence-electron chi connectivity index (χ1n) is 10.6. The number of sulfonamides is 1. The summed E-state index contributed by atoms with van der Waals surface area (Å²) in [4.78, 5) is 16.2. The molecule has 0 radical (unpaired) electrons. The lowest BCUT2D eigenvalue weighted by Crippen LogP contribution is -2.31. The molecule has 0 aliphatic carbocycles. The van der Waals surface area contributed by atoms with Crippen molar-refractivity contribution in [2.45, 2.75) is 38.4 Å². The van der Waals surface area contributed by atoms with E-state index in [0.29, 0.717) is 0 Å². The molecule has 8 nitrogen and oxygen atoms in total. The van der Waals surface area contributed by atoms with Gasteiger partial charge in [-0.2, -0.15) is 17.5 Å². The second-order valence-electron chi connectivity index (χ2n) is 7.24. The van der Waals surface area contributed by atoms with E-state index in [0.717, 1.165) is 4.57 Å². The van der Waals surface area contributed by atoms with Gasteiger partial charge in [0.15, 0.2) is 0 Å². The number of hydrogen-bond acceptors (Lipinski definition) is 5. The van der Waals surface area contributed by atoms with E-state index in [9.17, 15) is 26.4 Å². The van der Waals surface area contributed by atoms with Crippen LogP contribution in [-0.2, 0) is 27.5 Å². The molecule has 0 spiro atoms. The van der Waals surface area contributed by atoms with Crippen molar-refractivity contribution in [1.82, 2.24) is 13.9 Å². The number of nitrogens with one attached hydrogen (secondary N) is 1. The van der Waals surface area contributed by atoms with E-state index < -0.39 is 34.5 Å². The molecular formula is C22H25F3N4O4S. The van der Waals surface area contributed by atoms with E-state index in [1.165, 1.54) is 34.6 Å². The number of ether oxygens (including phenoxy) is 1. The predicted octanol–water partition coefficient (Wildman–Crippen LogP) is 4.12. The summed E-state index contributed by atoms with van der Waals surface area (Å²) in [5.74, 6) is -1.85. The molecule has 1 N–H and O–H groups in total. The fraction of sp³-hybridized carbons (Fsp3) is 0.364. The summed E-state index contributed by atoms with van der Waals surface area (Å²) in [6.07, 6.45) is -4.76. The summed E-state index contributed by atoms with van der Waals surface area (Å²) < 4.78 is 74.2.